The Morgan fingerprint density at radius 2 is 1.72 bits per heavy atom. The Morgan fingerprint density at radius 3 is 2.36 bits per heavy atom. The smallest absolute Gasteiger partial charge is 0.341 e. The van der Waals surface area contributed by atoms with Crippen LogP contribution in [-0.2, 0) is 17.8 Å². The van der Waals surface area contributed by atoms with Gasteiger partial charge in [0.1, 0.15) is 50.6 Å². The van der Waals surface area contributed by atoms with E-state index < -0.39 is 0 Å². The predicted molar refractivity (Wildman–Crippen MR) is 94.8 cm³/mol. The molecule has 1 aliphatic rings. The number of piperazine rings is 1. The van der Waals surface area contributed by atoms with Crippen LogP contribution in [0.5, 0.6) is 0 Å². The van der Waals surface area contributed by atoms with Crippen LogP contribution in [-0.4, -0.2) is 39.3 Å². The fourth-order valence-electron chi connectivity index (χ4n) is 3.58. The summed E-state index contributed by atoms with van der Waals surface area (Å²) in [6.07, 6.45) is 0. The van der Waals surface area contributed by atoms with E-state index in [9.17, 15) is 4.79 Å². The van der Waals surface area contributed by atoms with Gasteiger partial charge in [0.2, 0.25) is 0 Å². The van der Waals surface area contributed by atoms with Gasteiger partial charge in [-0.3, -0.25) is 0 Å². The highest BCUT2D eigenvalue weighted by molar-refractivity contribution is 5.90. The van der Waals surface area contributed by atoms with Crippen LogP contribution >= 0.6 is 0 Å². The second-order valence-electron chi connectivity index (χ2n) is 6.95. The van der Waals surface area contributed by atoms with E-state index in [0.717, 1.165) is 45.0 Å². The van der Waals surface area contributed by atoms with Crippen LogP contribution < -0.4 is 9.80 Å². The second-order valence-corrected chi connectivity index (χ2v) is 6.95. The number of methoxy groups -OCH3 is 1. The van der Waals surface area contributed by atoms with Crippen molar-refractivity contribution in [2.45, 2.75) is 26.9 Å². The maximum atomic E-state index is 11.7. The Kier molecular flexibility index (Phi) is 5.56. The minimum Gasteiger partial charge on any atom is -0.465 e. The lowest BCUT2D eigenvalue weighted by molar-refractivity contribution is -1.02. The van der Waals surface area contributed by atoms with Crippen LogP contribution in [0.1, 0.15) is 33.0 Å². The summed E-state index contributed by atoms with van der Waals surface area (Å²) in [7, 11) is 1.40. The Hall–Kier alpha value is -2.11. The highest BCUT2D eigenvalue weighted by atomic mass is 16.5. The number of esters is 1. The molecule has 0 atom stereocenters. The molecule has 2 aromatic rings. The van der Waals surface area contributed by atoms with Crippen molar-refractivity contribution in [3.63, 3.8) is 0 Å². The molecule has 1 aromatic carbocycles. The fraction of sp³-hybridized carbons (Fsp3) is 0.450. The molecule has 0 unspecified atom stereocenters. The van der Waals surface area contributed by atoms with Gasteiger partial charge in [-0.2, -0.15) is 0 Å². The molecule has 0 saturated carbocycles. The number of hydrogen-bond acceptors (Lipinski definition) is 3. The summed E-state index contributed by atoms with van der Waals surface area (Å²) in [6.45, 7) is 10.5. The molecule has 0 spiro atoms. The maximum Gasteiger partial charge on any atom is 0.341 e. The van der Waals surface area contributed by atoms with Crippen LogP contribution in [0.2, 0.25) is 0 Å². The van der Waals surface area contributed by atoms with Crippen LogP contribution in [0.3, 0.4) is 0 Å². The number of furan rings is 1. The molecule has 2 N–H and O–H groups in total. The molecule has 5 nitrogen and oxygen atoms in total. The van der Waals surface area contributed by atoms with E-state index >= 15 is 0 Å². The first-order valence-corrected chi connectivity index (χ1v) is 8.96. The molecular formula is C20H28N2O3+2. The Balaban J connectivity index is 1.53. The summed E-state index contributed by atoms with van der Waals surface area (Å²) in [4.78, 5) is 14.8. The number of ether oxygens (including phenoxy) is 1. The molecule has 1 fully saturated rings. The van der Waals surface area contributed by atoms with Crippen molar-refractivity contribution in [3.05, 3.63) is 58.5 Å². The number of hydrogen-bond donors (Lipinski definition) is 2. The van der Waals surface area contributed by atoms with Crippen molar-refractivity contribution in [1.82, 2.24) is 0 Å². The summed E-state index contributed by atoms with van der Waals surface area (Å²) >= 11 is 0. The van der Waals surface area contributed by atoms with Gasteiger partial charge in [-0.25, -0.2) is 4.79 Å². The van der Waals surface area contributed by atoms with Gasteiger partial charge in [0.15, 0.2) is 5.76 Å². The van der Waals surface area contributed by atoms with Gasteiger partial charge >= 0.3 is 5.97 Å². The number of aryl methyl sites for hydroxylation is 2. The SMILES string of the molecule is COC(=O)c1cc(C[NH+]2CC[NH+](Cc3ccccc3C)CC2)oc1C. The molecule has 2 heterocycles. The molecule has 0 radical (unpaired) electrons. The fourth-order valence-corrected chi connectivity index (χ4v) is 3.58. The average Bonchev–Trinajstić information content (AvgIpc) is 2.98. The molecule has 0 amide bonds. The van der Waals surface area contributed by atoms with Crippen LogP contribution in [0.25, 0.3) is 0 Å². The summed E-state index contributed by atoms with van der Waals surface area (Å²) < 4.78 is 10.5. The quantitative estimate of drug-likeness (QED) is 0.760. The zero-order valence-electron chi connectivity index (χ0n) is 15.4. The standard InChI is InChI=1S/C20H26N2O3/c1-15-6-4-5-7-17(15)13-21-8-10-22(11-9-21)14-18-12-19(16(2)25-18)20(23)24-3/h4-7,12H,8-11,13-14H2,1-3H3/p+2. The van der Waals surface area contributed by atoms with Gasteiger partial charge < -0.3 is 19.0 Å². The van der Waals surface area contributed by atoms with E-state index in [4.69, 9.17) is 9.15 Å². The van der Waals surface area contributed by atoms with E-state index in [-0.39, 0.29) is 5.97 Å². The lowest BCUT2D eigenvalue weighted by Crippen LogP contribution is -3.27. The van der Waals surface area contributed by atoms with Gasteiger partial charge in [0.05, 0.1) is 7.11 Å². The van der Waals surface area contributed by atoms with Crippen LogP contribution in [0.15, 0.2) is 34.7 Å². The van der Waals surface area contributed by atoms with E-state index in [2.05, 4.69) is 31.2 Å². The molecule has 25 heavy (non-hydrogen) atoms. The lowest BCUT2D eigenvalue weighted by atomic mass is 10.1. The van der Waals surface area contributed by atoms with Gasteiger partial charge in [0, 0.05) is 11.6 Å². The largest absolute Gasteiger partial charge is 0.465 e. The molecule has 134 valence electrons. The van der Waals surface area contributed by atoms with E-state index in [1.807, 2.05) is 13.0 Å². The van der Waals surface area contributed by atoms with Crippen molar-refractivity contribution in [1.29, 1.82) is 0 Å². The number of benzene rings is 1. The third-order valence-corrected chi connectivity index (χ3v) is 5.16. The minimum absolute atomic E-state index is 0.324. The normalized spacial score (nSPS) is 20.4. The average molecular weight is 344 g/mol. The third kappa shape index (κ3) is 4.30. The number of rotatable bonds is 5. The number of quaternary nitrogens is 2. The number of nitrogens with one attached hydrogen (secondary N) is 2. The number of carbonyl (C=O) groups is 1. The Morgan fingerprint density at radius 1 is 1.08 bits per heavy atom. The molecule has 0 bridgehead atoms. The van der Waals surface area contributed by atoms with Crippen LogP contribution in [0.4, 0.5) is 0 Å². The molecular weight excluding hydrogens is 316 g/mol. The molecule has 0 aliphatic carbocycles. The molecule has 3 rings (SSSR count). The van der Waals surface area contributed by atoms with Gasteiger partial charge in [-0.15, -0.1) is 0 Å². The first kappa shape index (κ1) is 17.7. The first-order valence-electron chi connectivity index (χ1n) is 8.96. The summed E-state index contributed by atoms with van der Waals surface area (Å²) in [6, 6.07) is 10.5. The molecule has 5 heteroatoms. The zero-order chi connectivity index (χ0) is 17.8. The number of carbonyl (C=O) groups excluding carboxylic acids is 1. The molecule has 1 saturated heterocycles. The van der Waals surface area contributed by atoms with Crippen molar-refractivity contribution in [2.24, 2.45) is 0 Å². The predicted octanol–water partition coefficient (Wildman–Crippen LogP) is 0.167. The van der Waals surface area contributed by atoms with E-state index in [1.165, 1.54) is 23.1 Å². The zero-order valence-corrected chi connectivity index (χ0v) is 15.4. The summed E-state index contributed by atoms with van der Waals surface area (Å²) in [5, 5.41) is 0. The highest BCUT2D eigenvalue weighted by Crippen LogP contribution is 2.14. The molecule has 1 aliphatic heterocycles. The lowest BCUT2D eigenvalue weighted by Gasteiger charge is -2.29. The van der Waals surface area contributed by atoms with Crippen molar-refractivity contribution in [2.75, 3.05) is 33.3 Å². The molecule has 1 aromatic heterocycles. The van der Waals surface area contributed by atoms with Crippen molar-refractivity contribution >= 4 is 5.97 Å². The van der Waals surface area contributed by atoms with Gasteiger partial charge in [-0.1, -0.05) is 24.3 Å². The van der Waals surface area contributed by atoms with E-state index in [0.29, 0.717) is 11.3 Å². The first-order chi connectivity index (χ1) is 12.1. The van der Waals surface area contributed by atoms with Crippen LogP contribution in [0, 0.1) is 13.8 Å². The monoisotopic (exact) mass is 344 g/mol. The van der Waals surface area contributed by atoms with Crippen molar-refractivity contribution < 1.29 is 23.7 Å². The van der Waals surface area contributed by atoms with Gasteiger partial charge in [-0.05, 0) is 19.4 Å². The second kappa shape index (κ2) is 7.85. The van der Waals surface area contributed by atoms with Gasteiger partial charge in [0.25, 0.3) is 0 Å². The minimum atomic E-state index is -0.324. The third-order valence-electron chi connectivity index (χ3n) is 5.16. The maximum absolute atomic E-state index is 11.7. The summed E-state index contributed by atoms with van der Waals surface area (Å²) in [5.41, 5.74) is 3.37. The topological polar surface area (TPSA) is 48.3 Å². The summed E-state index contributed by atoms with van der Waals surface area (Å²) in [5.74, 6) is 1.19. The van der Waals surface area contributed by atoms with E-state index in [1.54, 1.807) is 4.90 Å². The Bertz CT molecular complexity index is 730. The van der Waals surface area contributed by atoms with Crippen molar-refractivity contribution in [3.8, 4) is 0 Å². The Labute approximate surface area is 149 Å². The highest BCUT2D eigenvalue weighted by Gasteiger charge is 2.25.